The van der Waals surface area contributed by atoms with Gasteiger partial charge in [0.2, 0.25) is 0 Å². The third-order valence-electron chi connectivity index (χ3n) is 2.39. The number of aromatic carboxylic acids is 1. The van der Waals surface area contributed by atoms with E-state index in [1.165, 1.54) is 11.3 Å². The average Bonchev–Trinajstić information content (AvgIpc) is 2.79. The van der Waals surface area contributed by atoms with E-state index in [1.807, 2.05) is 31.2 Å². The number of rotatable bonds is 5. The standard InChI is InChI=1S/C13H12BrNO3S/c1-2-7-18-9-5-3-8(4-6-9)11-10(12(16)17)15-13(14)19-11/h3-6H,2,7H2,1H3,(H,16,17). The molecule has 2 aromatic rings. The van der Waals surface area contributed by atoms with Gasteiger partial charge in [-0.2, -0.15) is 0 Å². The van der Waals surface area contributed by atoms with E-state index in [4.69, 9.17) is 9.84 Å². The third-order valence-corrected chi connectivity index (χ3v) is 3.95. The van der Waals surface area contributed by atoms with Crippen molar-refractivity contribution in [3.63, 3.8) is 0 Å². The molecule has 1 aromatic carbocycles. The molecule has 0 aliphatic rings. The molecule has 0 saturated carbocycles. The lowest BCUT2D eigenvalue weighted by atomic mass is 10.1. The maximum Gasteiger partial charge on any atom is 0.356 e. The van der Waals surface area contributed by atoms with Crippen LogP contribution >= 0.6 is 27.3 Å². The number of ether oxygens (including phenoxy) is 1. The van der Waals surface area contributed by atoms with Crippen molar-refractivity contribution < 1.29 is 14.6 Å². The molecule has 6 heteroatoms. The highest BCUT2D eigenvalue weighted by Crippen LogP contribution is 2.33. The Kier molecular flexibility index (Phi) is 4.55. The highest BCUT2D eigenvalue weighted by Gasteiger charge is 2.17. The van der Waals surface area contributed by atoms with E-state index in [-0.39, 0.29) is 5.69 Å². The monoisotopic (exact) mass is 341 g/mol. The third kappa shape index (κ3) is 3.33. The summed E-state index contributed by atoms with van der Waals surface area (Å²) in [6.07, 6.45) is 0.951. The fourth-order valence-electron chi connectivity index (χ4n) is 1.56. The molecule has 100 valence electrons. The Morgan fingerprint density at radius 1 is 1.42 bits per heavy atom. The Bertz CT molecular complexity index is 580. The second-order valence-electron chi connectivity index (χ2n) is 3.82. The number of hydrogen-bond acceptors (Lipinski definition) is 4. The maximum absolute atomic E-state index is 11.1. The predicted molar refractivity (Wildman–Crippen MR) is 78.0 cm³/mol. The molecule has 19 heavy (non-hydrogen) atoms. The largest absolute Gasteiger partial charge is 0.494 e. The molecular weight excluding hydrogens is 330 g/mol. The molecule has 0 spiro atoms. The van der Waals surface area contributed by atoms with Crippen LogP contribution in [0, 0.1) is 0 Å². The molecule has 0 aliphatic heterocycles. The van der Waals surface area contributed by atoms with Gasteiger partial charge in [0.25, 0.3) is 0 Å². The fraction of sp³-hybridized carbons (Fsp3) is 0.231. The first-order chi connectivity index (χ1) is 9.11. The van der Waals surface area contributed by atoms with Crippen LogP contribution in [-0.2, 0) is 0 Å². The topological polar surface area (TPSA) is 59.4 Å². The number of carboxylic acid groups (broad SMARTS) is 1. The molecule has 1 N–H and O–H groups in total. The molecule has 0 fully saturated rings. The predicted octanol–water partition coefficient (Wildman–Crippen LogP) is 4.06. The van der Waals surface area contributed by atoms with Gasteiger partial charge in [0.15, 0.2) is 9.61 Å². The second-order valence-corrected chi connectivity index (χ2v) is 6.10. The molecule has 1 heterocycles. The van der Waals surface area contributed by atoms with Gasteiger partial charge in [-0.05, 0) is 52.2 Å². The molecule has 0 aliphatic carbocycles. The van der Waals surface area contributed by atoms with Gasteiger partial charge in [0, 0.05) is 0 Å². The zero-order valence-corrected chi connectivity index (χ0v) is 12.6. The number of thiazole rings is 1. The van der Waals surface area contributed by atoms with Crippen molar-refractivity contribution in [2.75, 3.05) is 6.61 Å². The van der Waals surface area contributed by atoms with Gasteiger partial charge in [-0.15, -0.1) is 11.3 Å². The summed E-state index contributed by atoms with van der Waals surface area (Å²) in [6.45, 7) is 2.72. The first kappa shape index (κ1) is 14.0. The summed E-state index contributed by atoms with van der Waals surface area (Å²) in [5, 5.41) is 9.11. The molecular formula is C13H12BrNO3S. The number of carbonyl (C=O) groups is 1. The van der Waals surface area contributed by atoms with E-state index in [0.717, 1.165) is 17.7 Å². The number of carboxylic acids is 1. The second kappa shape index (κ2) is 6.16. The van der Waals surface area contributed by atoms with Crippen LogP contribution in [-0.4, -0.2) is 22.7 Å². The van der Waals surface area contributed by atoms with Crippen LogP contribution in [0.3, 0.4) is 0 Å². The van der Waals surface area contributed by atoms with E-state index < -0.39 is 5.97 Å². The summed E-state index contributed by atoms with van der Waals surface area (Å²) in [5.41, 5.74) is 0.892. The van der Waals surface area contributed by atoms with Crippen LogP contribution < -0.4 is 4.74 Å². The Morgan fingerprint density at radius 3 is 2.68 bits per heavy atom. The Morgan fingerprint density at radius 2 is 2.11 bits per heavy atom. The highest BCUT2D eigenvalue weighted by atomic mass is 79.9. The van der Waals surface area contributed by atoms with Gasteiger partial charge in [-0.1, -0.05) is 6.92 Å². The first-order valence-corrected chi connectivity index (χ1v) is 7.35. The van der Waals surface area contributed by atoms with Crippen LogP contribution in [0.2, 0.25) is 0 Å². The minimum atomic E-state index is -1.02. The minimum absolute atomic E-state index is 0.0686. The summed E-state index contributed by atoms with van der Waals surface area (Å²) in [7, 11) is 0. The first-order valence-electron chi connectivity index (χ1n) is 5.74. The van der Waals surface area contributed by atoms with Crippen LogP contribution in [0.15, 0.2) is 28.2 Å². The van der Waals surface area contributed by atoms with Gasteiger partial charge in [-0.25, -0.2) is 9.78 Å². The summed E-state index contributed by atoms with van der Waals surface area (Å²) in [4.78, 5) is 15.7. The van der Waals surface area contributed by atoms with Gasteiger partial charge in [0.05, 0.1) is 11.5 Å². The van der Waals surface area contributed by atoms with Crippen molar-refractivity contribution in [1.29, 1.82) is 0 Å². The lowest BCUT2D eigenvalue weighted by Gasteiger charge is -2.05. The zero-order chi connectivity index (χ0) is 13.8. The van der Waals surface area contributed by atoms with Crippen molar-refractivity contribution in [2.24, 2.45) is 0 Å². The van der Waals surface area contributed by atoms with E-state index in [0.29, 0.717) is 15.4 Å². The van der Waals surface area contributed by atoms with Crippen LogP contribution in [0.1, 0.15) is 23.8 Å². The molecule has 4 nitrogen and oxygen atoms in total. The van der Waals surface area contributed by atoms with E-state index in [9.17, 15) is 4.79 Å². The van der Waals surface area contributed by atoms with Crippen molar-refractivity contribution in [1.82, 2.24) is 4.98 Å². The SMILES string of the molecule is CCCOc1ccc(-c2sc(Br)nc2C(=O)O)cc1. The van der Waals surface area contributed by atoms with Gasteiger partial charge >= 0.3 is 5.97 Å². The number of halogens is 1. The lowest BCUT2D eigenvalue weighted by Crippen LogP contribution is -1.98. The molecule has 0 unspecified atom stereocenters. The van der Waals surface area contributed by atoms with E-state index >= 15 is 0 Å². The zero-order valence-electron chi connectivity index (χ0n) is 10.2. The summed E-state index contributed by atoms with van der Waals surface area (Å²) in [5.74, 6) is -0.241. The number of hydrogen-bond donors (Lipinski definition) is 1. The van der Waals surface area contributed by atoms with Gasteiger partial charge in [0.1, 0.15) is 5.75 Å². The van der Waals surface area contributed by atoms with Gasteiger partial charge in [-0.3, -0.25) is 0 Å². The molecule has 0 saturated heterocycles. The minimum Gasteiger partial charge on any atom is -0.494 e. The molecule has 1 aromatic heterocycles. The smallest absolute Gasteiger partial charge is 0.356 e. The maximum atomic E-state index is 11.1. The highest BCUT2D eigenvalue weighted by molar-refractivity contribution is 9.11. The quantitative estimate of drug-likeness (QED) is 0.890. The average molecular weight is 342 g/mol. The van der Waals surface area contributed by atoms with E-state index in [2.05, 4.69) is 20.9 Å². The Labute approximate surface area is 123 Å². The van der Waals surface area contributed by atoms with E-state index in [1.54, 1.807) is 0 Å². The molecule has 0 bridgehead atoms. The van der Waals surface area contributed by atoms with Crippen molar-refractivity contribution in [3.8, 4) is 16.2 Å². The number of nitrogens with zero attached hydrogens (tertiary/aromatic N) is 1. The Hall–Kier alpha value is -1.40. The van der Waals surface area contributed by atoms with Crippen LogP contribution in [0.4, 0.5) is 0 Å². The summed E-state index contributed by atoms with van der Waals surface area (Å²) >= 11 is 4.52. The fourth-order valence-corrected chi connectivity index (χ4v) is 3.01. The molecule has 0 atom stereocenters. The van der Waals surface area contributed by atoms with Crippen LogP contribution in [0.5, 0.6) is 5.75 Å². The lowest BCUT2D eigenvalue weighted by molar-refractivity contribution is 0.0692. The molecule has 0 radical (unpaired) electrons. The summed E-state index contributed by atoms with van der Waals surface area (Å²) < 4.78 is 6.05. The normalized spacial score (nSPS) is 10.4. The van der Waals surface area contributed by atoms with Crippen molar-refractivity contribution in [2.45, 2.75) is 13.3 Å². The molecule has 2 rings (SSSR count). The van der Waals surface area contributed by atoms with Crippen LogP contribution in [0.25, 0.3) is 10.4 Å². The van der Waals surface area contributed by atoms with Crippen molar-refractivity contribution >= 4 is 33.2 Å². The number of aromatic nitrogens is 1. The molecule has 0 amide bonds. The Balaban J connectivity index is 2.29. The summed E-state index contributed by atoms with van der Waals surface area (Å²) in [6, 6.07) is 7.36. The van der Waals surface area contributed by atoms with Gasteiger partial charge < -0.3 is 9.84 Å². The number of benzene rings is 1. The van der Waals surface area contributed by atoms with Crippen molar-refractivity contribution in [3.05, 3.63) is 33.9 Å².